The van der Waals surface area contributed by atoms with Gasteiger partial charge in [-0.1, -0.05) is 112 Å². The van der Waals surface area contributed by atoms with Gasteiger partial charge in [0, 0.05) is 0 Å². The maximum atomic E-state index is 12.0. The van der Waals surface area contributed by atoms with E-state index in [1.165, 1.54) is 10.4 Å². The Morgan fingerprint density at radius 2 is 1.42 bits per heavy atom. The van der Waals surface area contributed by atoms with E-state index in [0.29, 0.717) is 19.6 Å². The third-order valence-corrected chi connectivity index (χ3v) is 12.3. The molecule has 188 valence electrons. The predicted octanol–water partition coefficient (Wildman–Crippen LogP) is 4.44. The number of carbonyl (C=O) groups is 1. The maximum Gasteiger partial charge on any atom is 0.308 e. The summed E-state index contributed by atoms with van der Waals surface area (Å²) in [6, 6.07) is 31.2. The van der Waals surface area contributed by atoms with E-state index in [0.717, 1.165) is 5.56 Å². The minimum atomic E-state index is -2.73. The molecule has 5 nitrogen and oxygen atoms in total. The Bertz CT molecular complexity index is 1110. The highest BCUT2D eigenvalue weighted by atomic mass is 28.4. The molecule has 0 N–H and O–H groups in total. The lowest BCUT2D eigenvalue weighted by Gasteiger charge is -2.43. The van der Waals surface area contributed by atoms with E-state index in [2.05, 4.69) is 69.3 Å². The van der Waals surface area contributed by atoms with Crippen LogP contribution < -0.4 is 10.4 Å². The summed E-state index contributed by atoms with van der Waals surface area (Å²) in [5, 5.41) is 2.29. The van der Waals surface area contributed by atoms with Gasteiger partial charge in [0.25, 0.3) is 8.32 Å². The highest BCUT2D eigenvalue weighted by Crippen LogP contribution is 2.41. The first-order chi connectivity index (χ1) is 17.4. The fourth-order valence-corrected chi connectivity index (χ4v) is 10.1. The van der Waals surface area contributed by atoms with Crippen molar-refractivity contribution in [2.75, 3.05) is 6.61 Å². The largest absolute Gasteiger partial charge is 0.435 e. The minimum Gasteiger partial charge on any atom is -0.435 e. The van der Waals surface area contributed by atoms with Crippen molar-refractivity contribution in [2.45, 2.75) is 57.3 Å². The molecule has 0 amide bonds. The number of rotatable bonds is 8. The van der Waals surface area contributed by atoms with E-state index in [1.54, 1.807) is 0 Å². The molecule has 2 aliphatic rings. The van der Waals surface area contributed by atoms with Crippen molar-refractivity contribution in [3.05, 3.63) is 96.6 Å². The second-order valence-electron chi connectivity index (χ2n) is 10.6. The van der Waals surface area contributed by atoms with Crippen molar-refractivity contribution in [3.8, 4) is 0 Å². The molecule has 2 aliphatic heterocycles. The molecule has 0 aromatic heterocycles. The Balaban J connectivity index is 1.44. The molecule has 4 atom stereocenters. The summed E-state index contributed by atoms with van der Waals surface area (Å²) in [4.78, 5) is 12.0. The molecular weight excluding hydrogens is 468 g/mol. The SMILES string of the molecule is CC(C)(C)[Si](OC[C@H]1O[C@@H]2OC(=O)C[C@@H]2[C@H]1OCc1ccccc1)(c1ccccc1)c1ccccc1. The van der Waals surface area contributed by atoms with E-state index in [1.807, 2.05) is 42.5 Å². The minimum absolute atomic E-state index is 0.131. The van der Waals surface area contributed by atoms with Crippen LogP contribution in [0.25, 0.3) is 0 Å². The summed E-state index contributed by atoms with van der Waals surface area (Å²) >= 11 is 0. The molecule has 2 heterocycles. The molecule has 0 bridgehead atoms. The standard InChI is InChI=1S/C30H34O5Si/c1-30(2,3)36(23-15-9-5-10-16-23,24-17-11-6-12-18-24)33-21-26-28(25-19-27(31)35-29(25)34-26)32-20-22-13-7-4-8-14-22/h4-18,25-26,28-29H,19-21H2,1-3H3/t25-,26-,28-,29-/m1/s1. The van der Waals surface area contributed by atoms with E-state index in [4.69, 9.17) is 18.6 Å². The average molecular weight is 503 g/mol. The van der Waals surface area contributed by atoms with E-state index in [9.17, 15) is 4.79 Å². The number of hydrogen-bond acceptors (Lipinski definition) is 5. The average Bonchev–Trinajstić information content (AvgIpc) is 3.39. The molecule has 0 saturated carbocycles. The molecule has 0 unspecified atom stereocenters. The van der Waals surface area contributed by atoms with Crippen molar-refractivity contribution in [1.29, 1.82) is 0 Å². The van der Waals surface area contributed by atoms with Gasteiger partial charge in [-0.3, -0.25) is 4.79 Å². The van der Waals surface area contributed by atoms with Gasteiger partial charge in [-0.2, -0.15) is 0 Å². The number of esters is 1. The highest BCUT2D eigenvalue weighted by molar-refractivity contribution is 6.99. The summed E-state index contributed by atoms with van der Waals surface area (Å²) in [6.45, 7) is 7.58. The normalized spacial score (nSPS) is 23.9. The summed E-state index contributed by atoms with van der Waals surface area (Å²) in [7, 11) is -2.73. The highest BCUT2D eigenvalue weighted by Gasteiger charge is 2.55. The lowest BCUT2D eigenvalue weighted by atomic mass is 9.99. The zero-order valence-electron chi connectivity index (χ0n) is 21.1. The molecule has 36 heavy (non-hydrogen) atoms. The quantitative estimate of drug-likeness (QED) is 0.337. The Labute approximate surface area is 214 Å². The molecule has 0 radical (unpaired) electrons. The summed E-state index contributed by atoms with van der Waals surface area (Å²) in [5.74, 6) is -0.362. The molecule has 0 spiro atoms. The van der Waals surface area contributed by atoms with Gasteiger partial charge < -0.3 is 18.6 Å². The fourth-order valence-electron chi connectivity index (χ4n) is 5.58. The van der Waals surface area contributed by atoms with Gasteiger partial charge in [0.2, 0.25) is 6.29 Å². The maximum absolute atomic E-state index is 12.0. The second kappa shape index (κ2) is 10.3. The fraction of sp³-hybridized carbons (Fsp3) is 0.367. The van der Waals surface area contributed by atoms with Crippen LogP contribution in [-0.2, 0) is 30.0 Å². The molecule has 0 aliphatic carbocycles. The van der Waals surface area contributed by atoms with Crippen LogP contribution in [0.2, 0.25) is 5.04 Å². The van der Waals surface area contributed by atoms with Crippen LogP contribution in [0, 0.1) is 5.92 Å². The van der Waals surface area contributed by atoms with E-state index < -0.39 is 14.6 Å². The van der Waals surface area contributed by atoms with Crippen molar-refractivity contribution in [2.24, 2.45) is 5.92 Å². The first kappa shape index (κ1) is 24.9. The number of ether oxygens (including phenoxy) is 3. The molecule has 6 heteroatoms. The number of benzene rings is 3. The predicted molar refractivity (Wildman–Crippen MR) is 141 cm³/mol. The van der Waals surface area contributed by atoms with Gasteiger partial charge in [0.15, 0.2) is 0 Å². The Hall–Kier alpha value is -2.77. The summed E-state index contributed by atoms with van der Waals surface area (Å²) < 4.78 is 25.3. The Morgan fingerprint density at radius 1 is 0.861 bits per heavy atom. The first-order valence-electron chi connectivity index (χ1n) is 12.6. The zero-order chi connectivity index (χ0) is 25.2. The number of hydrogen-bond donors (Lipinski definition) is 0. The molecule has 2 fully saturated rings. The zero-order valence-corrected chi connectivity index (χ0v) is 22.1. The molecular formula is C30H34O5Si. The van der Waals surface area contributed by atoms with Crippen LogP contribution in [0.3, 0.4) is 0 Å². The Kier molecular flexibility index (Phi) is 7.13. The van der Waals surface area contributed by atoms with Crippen LogP contribution in [0.5, 0.6) is 0 Å². The van der Waals surface area contributed by atoms with Crippen LogP contribution in [-0.4, -0.2) is 39.4 Å². The molecule has 2 saturated heterocycles. The van der Waals surface area contributed by atoms with Crippen molar-refractivity contribution < 1.29 is 23.4 Å². The van der Waals surface area contributed by atoms with E-state index in [-0.39, 0.29) is 29.1 Å². The van der Waals surface area contributed by atoms with Crippen LogP contribution in [0.1, 0.15) is 32.8 Å². The van der Waals surface area contributed by atoms with Crippen molar-refractivity contribution in [1.82, 2.24) is 0 Å². The monoisotopic (exact) mass is 502 g/mol. The smallest absolute Gasteiger partial charge is 0.308 e. The second-order valence-corrected chi connectivity index (χ2v) is 14.9. The number of carbonyl (C=O) groups excluding carboxylic acids is 1. The molecule has 3 aromatic carbocycles. The van der Waals surface area contributed by atoms with Crippen LogP contribution >= 0.6 is 0 Å². The lowest BCUT2D eigenvalue weighted by Crippen LogP contribution is -2.67. The third-order valence-electron chi connectivity index (χ3n) is 7.26. The van der Waals surface area contributed by atoms with E-state index >= 15 is 0 Å². The van der Waals surface area contributed by atoms with Gasteiger partial charge in [0.1, 0.15) is 6.10 Å². The van der Waals surface area contributed by atoms with Crippen molar-refractivity contribution >= 4 is 24.7 Å². The van der Waals surface area contributed by atoms with Gasteiger partial charge in [-0.15, -0.1) is 0 Å². The van der Waals surface area contributed by atoms with Crippen LogP contribution in [0.4, 0.5) is 0 Å². The van der Waals surface area contributed by atoms with Gasteiger partial charge in [-0.25, -0.2) is 0 Å². The molecule has 5 rings (SSSR count). The topological polar surface area (TPSA) is 54.0 Å². The summed E-state index contributed by atoms with van der Waals surface area (Å²) in [6.07, 6.45) is -0.899. The third kappa shape index (κ3) is 4.78. The summed E-state index contributed by atoms with van der Waals surface area (Å²) in [5.41, 5.74) is 1.08. The Morgan fingerprint density at radius 3 is 1.97 bits per heavy atom. The van der Waals surface area contributed by atoms with Gasteiger partial charge in [0.05, 0.1) is 31.7 Å². The van der Waals surface area contributed by atoms with Crippen molar-refractivity contribution in [3.63, 3.8) is 0 Å². The molecule has 3 aromatic rings. The lowest BCUT2D eigenvalue weighted by molar-refractivity contribution is -0.167. The first-order valence-corrected chi connectivity index (χ1v) is 14.5. The number of fused-ring (bicyclic) bond motifs is 1. The van der Waals surface area contributed by atoms with Crippen LogP contribution in [0.15, 0.2) is 91.0 Å². The van der Waals surface area contributed by atoms with Gasteiger partial charge in [-0.05, 0) is 21.0 Å². The van der Waals surface area contributed by atoms with Gasteiger partial charge >= 0.3 is 5.97 Å².